The van der Waals surface area contributed by atoms with E-state index in [1.54, 1.807) is 12.4 Å². The molecule has 1 atom stereocenters. The van der Waals surface area contributed by atoms with Crippen LogP contribution in [0.25, 0.3) is 0 Å². The second-order valence-corrected chi connectivity index (χ2v) is 5.49. The first-order valence-electron chi connectivity index (χ1n) is 8.09. The number of nitrogens with zero attached hydrogens (tertiary/aromatic N) is 4. The molecule has 0 radical (unpaired) electrons. The maximum atomic E-state index is 12.6. The van der Waals surface area contributed by atoms with Crippen molar-refractivity contribution in [1.82, 2.24) is 14.9 Å². The fraction of sp³-hybridized carbons (Fsp3) is 0.688. The van der Waals surface area contributed by atoms with Gasteiger partial charge in [-0.15, -0.1) is 0 Å². The van der Waals surface area contributed by atoms with Crippen LogP contribution in [0.3, 0.4) is 0 Å². The quantitative estimate of drug-likeness (QED) is 0.836. The first-order valence-corrected chi connectivity index (χ1v) is 8.09. The topological polar surface area (TPSA) is 49.3 Å². The van der Waals surface area contributed by atoms with Gasteiger partial charge in [-0.1, -0.05) is 6.92 Å². The second-order valence-electron chi connectivity index (χ2n) is 5.49. The van der Waals surface area contributed by atoms with Gasteiger partial charge in [-0.2, -0.15) is 0 Å². The highest BCUT2D eigenvalue weighted by atomic mass is 16.2. The summed E-state index contributed by atoms with van der Waals surface area (Å²) in [6.07, 6.45) is 7.76. The summed E-state index contributed by atoms with van der Waals surface area (Å²) in [7, 11) is 0. The van der Waals surface area contributed by atoms with Crippen molar-refractivity contribution in [2.24, 2.45) is 0 Å². The Morgan fingerprint density at radius 1 is 1.24 bits per heavy atom. The molecule has 0 saturated carbocycles. The van der Waals surface area contributed by atoms with E-state index in [1.807, 2.05) is 4.90 Å². The lowest BCUT2D eigenvalue weighted by atomic mass is 10.00. The maximum Gasteiger partial charge on any atom is 0.274 e. The molecule has 1 aliphatic heterocycles. The smallest absolute Gasteiger partial charge is 0.274 e. The van der Waals surface area contributed by atoms with Crippen LogP contribution in [0, 0.1) is 0 Å². The Bertz CT molecular complexity index is 456. The highest BCUT2D eigenvalue weighted by Crippen LogP contribution is 2.21. The summed E-state index contributed by atoms with van der Waals surface area (Å²) < 4.78 is 0. The fourth-order valence-corrected chi connectivity index (χ4v) is 2.98. The average molecular weight is 290 g/mol. The molecule has 1 saturated heterocycles. The zero-order valence-electron chi connectivity index (χ0n) is 13.4. The van der Waals surface area contributed by atoms with Crippen molar-refractivity contribution >= 4 is 11.7 Å². The number of carbonyl (C=O) groups is 1. The Morgan fingerprint density at radius 3 is 2.57 bits per heavy atom. The number of hydrogen-bond acceptors (Lipinski definition) is 4. The molecule has 0 aliphatic carbocycles. The van der Waals surface area contributed by atoms with E-state index in [0.717, 1.165) is 44.7 Å². The van der Waals surface area contributed by atoms with Crippen LogP contribution in [0.4, 0.5) is 5.82 Å². The van der Waals surface area contributed by atoms with Gasteiger partial charge in [0.2, 0.25) is 0 Å². The Labute approximate surface area is 127 Å². The number of likely N-dealkylation sites (tertiary alicyclic amines) is 1. The van der Waals surface area contributed by atoms with Crippen LogP contribution in [0.2, 0.25) is 0 Å². The third-order valence-corrected chi connectivity index (χ3v) is 4.30. The van der Waals surface area contributed by atoms with E-state index in [0.29, 0.717) is 11.7 Å². The molecule has 1 amide bonds. The lowest BCUT2D eigenvalue weighted by molar-refractivity contribution is 0.0601. The first kappa shape index (κ1) is 15.7. The van der Waals surface area contributed by atoms with E-state index in [-0.39, 0.29) is 5.91 Å². The van der Waals surface area contributed by atoms with Gasteiger partial charge in [0, 0.05) is 25.7 Å². The minimum Gasteiger partial charge on any atom is -0.356 e. The molecule has 116 valence electrons. The van der Waals surface area contributed by atoms with Gasteiger partial charge < -0.3 is 9.80 Å². The maximum absolute atomic E-state index is 12.6. The normalized spacial score (nSPS) is 18.6. The van der Waals surface area contributed by atoms with Crippen LogP contribution >= 0.6 is 0 Å². The number of hydrogen-bond donors (Lipinski definition) is 0. The summed E-state index contributed by atoms with van der Waals surface area (Å²) in [5.74, 6) is 0.863. The highest BCUT2D eigenvalue weighted by molar-refractivity contribution is 5.92. The molecule has 0 N–H and O–H groups in total. The number of piperidine rings is 1. The zero-order chi connectivity index (χ0) is 15.2. The van der Waals surface area contributed by atoms with Gasteiger partial charge in [0.15, 0.2) is 0 Å². The van der Waals surface area contributed by atoms with Gasteiger partial charge in [0.1, 0.15) is 11.5 Å². The van der Waals surface area contributed by atoms with Crippen molar-refractivity contribution < 1.29 is 4.79 Å². The molecule has 1 aliphatic rings. The summed E-state index contributed by atoms with van der Waals surface area (Å²) in [6.45, 7) is 8.95. The van der Waals surface area contributed by atoms with Crippen LogP contribution in [-0.4, -0.2) is 46.5 Å². The standard InChI is InChI=1S/C16H26N4O/c1-4-13-9-7-8-10-20(13)16(21)14-11-18-15(12-17-14)19(5-2)6-3/h11-13H,4-10H2,1-3H3. The summed E-state index contributed by atoms with van der Waals surface area (Å²) in [5, 5.41) is 0. The van der Waals surface area contributed by atoms with Gasteiger partial charge in [-0.3, -0.25) is 4.79 Å². The number of amides is 1. The summed E-state index contributed by atoms with van der Waals surface area (Å²) in [4.78, 5) is 25.4. The molecule has 0 bridgehead atoms. The number of rotatable bonds is 5. The SMILES string of the molecule is CCC1CCCCN1C(=O)c1cnc(N(CC)CC)cn1. The van der Waals surface area contributed by atoms with Crippen molar-refractivity contribution in [2.75, 3.05) is 24.5 Å². The molecule has 1 aromatic heterocycles. The molecule has 0 aromatic carbocycles. The predicted octanol–water partition coefficient (Wildman–Crippen LogP) is 2.73. The molecule has 1 unspecified atom stereocenters. The predicted molar refractivity (Wildman–Crippen MR) is 84.6 cm³/mol. The molecule has 1 aromatic rings. The molecule has 2 rings (SSSR count). The Morgan fingerprint density at radius 2 is 2.00 bits per heavy atom. The minimum atomic E-state index is 0.0279. The van der Waals surface area contributed by atoms with E-state index in [1.165, 1.54) is 6.42 Å². The number of carbonyl (C=O) groups excluding carboxylic acids is 1. The van der Waals surface area contributed by atoms with Gasteiger partial charge in [0.05, 0.1) is 12.4 Å². The monoisotopic (exact) mass is 290 g/mol. The Balaban J connectivity index is 2.12. The van der Waals surface area contributed by atoms with Gasteiger partial charge in [-0.25, -0.2) is 9.97 Å². The molecule has 5 heteroatoms. The largest absolute Gasteiger partial charge is 0.356 e. The van der Waals surface area contributed by atoms with Crippen LogP contribution in [-0.2, 0) is 0 Å². The van der Waals surface area contributed by atoms with Crippen molar-refractivity contribution in [3.8, 4) is 0 Å². The zero-order valence-corrected chi connectivity index (χ0v) is 13.4. The molecule has 2 heterocycles. The number of aromatic nitrogens is 2. The van der Waals surface area contributed by atoms with E-state index in [2.05, 4.69) is 35.6 Å². The van der Waals surface area contributed by atoms with E-state index < -0.39 is 0 Å². The lowest BCUT2D eigenvalue weighted by Gasteiger charge is -2.35. The molecule has 0 spiro atoms. The summed E-state index contributed by atoms with van der Waals surface area (Å²) in [5.41, 5.74) is 0.464. The minimum absolute atomic E-state index is 0.0279. The first-order chi connectivity index (χ1) is 10.2. The van der Waals surface area contributed by atoms with Crippen molar-refractivity contribution in [1.29, 1.82) is 0 Å². The van der Waals surface area contributed by atoms with Crippen LogP contribution in [0.1, 0.15) is 56.9 Å². The lowest BCUT2D eigenvalue weighted by Crippen LogP contribution is -2.43. The van der Waals surface area contributed by atoms with Crippen molar-refractivity contribution in [2.45, 2.75) is 52.5 Å². The van der Waals surface area contributed by atoms with Gasteiger partial charge in [0.25, 0.3) is 5.91 Å². The van der Waals surface area contributed by atoms with Crippen molar-refractivity contribution in [3.63, 3.8) is 0 Å². The molecular weight excluding hydrogens is 264 g/mol. The molecule has 5 nitrogen and oxygen atoms in total. The molecular formula is C16H26N4O. The number of anilines is 1. The highest BCUT2D eigenvalue weighted by Gasteiger charge is 2.27. The summed E-state index contributed by atoms with van der Waals surface area (Å²) in [6, 6.07) is 0.357. The fourth-order valence-electron chi connectivity index (χ4n) is 2.98. The van der Waals surface area contributed by atoms with Gasteiger partial charge in [-0.05, 0) is 39.5 Å². The second kappa shape index (κ2) is 7.38. The Kier molecular flexibility index (Phi) is 5.53. The molecule has 1 fully saturated rings. The summed E-state index contributed by atoms with van der Waals surface area (Å²) >= 11 is 0. The van der Waals surface area contributed by atoms with Crippen molar-refractivity contribution in [3.05, 3.63) is 18.1 Å². The van der Waals surface area contributed by atoms with Crippen LogP contribution in [0.5, 0.6) is 0 Å². The van der Waals surface area contributed by atoms with Crippen LogP contribution in [0.15, 0.2) is 12.4 Å². The van der Waals surface area contributed by atoms with E-state index in [9.17, 15) is 4.79 Å². The third-order valence-electron chi connectivity index (χ3n) is 4.30. The average Bonchev–Trinajstić information content (AvgIpc) is 2.56. The molecule has 21 heavy (non-hydrogen) atoms. The van der Waals surface area contributed by atoms with Gasteiger partial charge >= 0.3 is 0 Å². The van der Waals surface area contributed by atoms with E-state index in [4.69, 9.17) is 0 Å². The van der Waals surface area contributed by atoms with E-state index >= 15 is 0 Å². The Hall–Kier alpha value is -1.65. The third kappa shape index (κ3) is 3.52. The van der Waals surface area contributed by atoms with Crippen LogP contribution < -0.4 is 4.90 Å².